The Kier molecular flexibility index (Phi) is 3.62. The summed E-state index contributed by atoms with van der Waals surface area (Å²) in [4.78, 5) is 10.9. The highest BCUT2D eigenvalue weighted by Crippen LogP contribution is 2.28. The van der Waals surface area contributed by atoms with Crippen molar-refractivity contribution in [3.63, 3.8) is 0 Å². The van der Waals surface area contributed by atoms with Gasteiger partial charge in [-0.3, -0.25) is 4.79 Å². The summed E-state index contributed by atoms with van der Waals surface area (Å²) in [5.41, 5.74) is 5.58. The van der Waals surface area contributed by atoms with E-state index >= 15 is 0 Å². The smallest absolute Gasteiger partial charge is 0.312 e. The molecule has 82 valence electrons. The molecule has 3 N–H and O–H groups in total. The molecule has 0 aliphatic heterocycles. The number of hydrogen-bond donors (Lipinski definition) is 2. The Morgan fingerprint density at radius 2 is 2.33 bits per heavy atom. The minimum Gasteiger partial charge on any atom is -0.493 e. The van der Waals surface area contributed by atoms with E-state index in [-0.39, 0.29) is 17.9 Å². The number of nitrogens with two attached hydrogens (primary N) is 1. The van der Waals surface area contributed by atoms with Gasteiger partial charge in [0.05, 0.1) is 13.0 Å². The molecule has 1 aromatic carbocycles. The Balaban J connectivity index is 3.22. The van der Waals surface area contributed by atoms with Crippen molar-refractivity contribution in [2.24, 2.45) is 5.73 Å². The highest BCUT2D eigenvalue weighted by molar-refractivity contribution is 5.77. The van der Waals surface area contributed by atoms with E-state index in [4.69, 9.17) is 15.6 Å². The summed E-state index contributed by atoms with van der Waals surface area (Å²) in [6.45, 7) is -0.102. The van der Waals surface area contributed by atoms with Crippen LogP contribution in [-0.4, -0.2) is 24.7 Å². The zero-order chi connectivity index (χ0) is 11.4. The summed E-state index contributed by atoms with van der Waals surface area (Å²) in [5, 5.41) is 8.88. The van der Waals surface area contributed by atoms with Crippen molar-refractivity contribution in [1.29, 1.82) is 0 Å². The molecule has 0 aromatic heterocycles. The number of rotatable bonds is 4. The third-order valence-corrected chi connectivity index (χ3v) is 2.11. The SMILES string of the molecule is COc1c(F)cccc1C(CN)C(=O)O. The summed E-state index contributed by atoms with van der Waals surface area (Å²) in [6, 6.07) is 4.13. The Morgan fingerprint density at radius 1 is 1.67 bits per heavy atom. The van der Waals surface area contributed by atoms with E-state index in [0.29, 0.717) is 0 Å². The second-order valence-corrected chi connectivity index (χ2v) is 2.99. The van der Waals surface area contributed by atoms with Gasteiger partial charge in [0, 0.05) is 12.1 Å². The molecule has 1 aromatic rings. The van der Waals surface area contributed by atoms with E-state index < -0.39 is 17.7 Å². The lowest BCUT2D eigenvalue weighted by molar-refractivity contribution is -0.138. The fourth-order valence-electron chi connectivity index (χ4n) is 1.38. The molecule has 0 aliphatic rings. The summed E-state index contributed by atoms with van der Waals surface area (Å²) in [6.07, 6.45) is 0. The third-order valence-electron chi connectivity index (χ3n) is 2.11. The number of halogens is 1. The molecule has 0 aliphatic carbocycles. The molecule has 1 unspecified atom stereocenters. The number of para-hydroxylation sites is 1. The molecule has 0 spiro atoms. The molecule has 1 rings (SSSR count). The van der Waals surface area contributed by atoms with Crippen molar-refractivity contribution >= 4 is 5.97 Å². The van der Waals surface area contributed by atoms with Crippen LogP contribution in [0.1, 0.15) is 11.5 Å². The topological polar surface area (TPSA) is 72.5 Å². The first-order valence-corrected chi connectivity index (χ1v) is 4.37. The van der Waals surface area contributed by atoms with E-state index in [0.717, 1.165) is 0 Å². The van der Waals surface area contributed by atoms with Crippen LogP contribution in [0.2, 0.25) is 0 Å². The Morgan fingerprint density at radius 3 is 2.80 bits per heavy atom. The second kappa shape index (κ2) is 4.75. The molecule has 0 saturated carbocycles. The molecular weight excluding hydrogens is 201 g/mol. The number of methoxy groups -OCH3 is 1. The molecular formula is C10H12FNO3. The summed E-state index contributed by atoms with van der Waals surface area (Å²) in [7, 11) is 1.29. The monoisotopic (exact) mass is 213 g/mol. The fourth-order valence-corrected chi connectivity index (χ4v) is 1.38. The number of ether oxygens (including phenoxy) is 1. The predicted octanol–water partition coefficient (Wildman–Crippen LogP) is 0.961. The molecule has 0 fully saturated rings. The quantitative estimate of drug-likeness (QED) is 0.781. The maximum atomic E-state index is 13.3. The highest BCUT2D eigenvalue weighted by Gasteiger charge is 2.23. The van der Waals surface area contributed by atoms with E-state index in [1.165, 1.54) is 25.3 Å². The van der Waals surface area contributed by atoms with Crippen LogP contribution < -0.4 is 10.5 Å². The fraction of sp³-hybridized carbons (Fsp3) is 0.300. The van der Waals surface area contributed by atoms with Crippen LogP contribution in [0.3, 0.4) is 0 Å². The number of carboxylic acids is 1. The Hall–Kier alpha value is -1.62. The summed E-state index contributed by atoms with van der Waals surface area (Å²) >= 11 is 0. The Bertz CT molecular complexity index is 368. The van der Waals surface area contributed by atoms with Gasteiger partial charge in [-0.15, -0.1) is 0 Å². The predicted molar refractivity (Wildman–Crippen MR) is 52.4 cm³/mol. The zero-order valence-corrected chi connectivity index (χ0v) is 8.24. The van der Waals surface area contributed by atoms with Crippen LogP contribution in [0, 0.1) is 5.82 Å². The van der Waals surface area contributed by atoms with Crippen LogP contribution in [0.25, 0.3) is 0 Å². The van der Waals surface area contributed by atoms with Crippen molar-refractivity contribution in [3.05, 3.63) is 29.6 Å². The lowest BCUT2D eigenvalue weighted by atomic mass is 9.98. The zero-order valence-electron chi connectivity index (χ0n) is 8.24. The average Bonchev–Trinajstić information content (AvgIpc) is 2.18. The number of carbonyl (C=O) groups is 1. The lowest BCUT2D eigenvalue weighted by Crippen LogP contribution is -2.22. The number of carboxylic acid groups (broad SMARTS) is 1. The van der Waals surface area contributed by atoms with E-state index in [1.807, 2.05) is 0 Å². The molecule has 1 atom stereocenters. The summed E-state index contributed by atoms with van der Waals surface area (Å²) < 4.78 is 18.1. The molecule has 0 amide bonds. The van der Waals surface area contributed by atoms with Crippen LogP contribution in [-0.2, 0) is 4.79 Å². The third kappa shape index (κ3) is 2.24. The van der Waals surface area contributed by atoms with Gasteiger partial charge in [0.2, 0.25) is 0 Å². The second-order valence-electron chi connectivity index (χ2n) is 2.99. The van der Waals surface area contributed by atoms with E-state index in [9.17, 15) is 9.18 Å². The van der Waals surface area contributed by atoms with Crippen molar-refractivity contribution in [2.75, 3.05) is 13.7 Å². The van der Waals surface area contributed by atoms with Crippen molar-refractivity contribution in [1.82, 2.24) is 0 Å². The van der Waals surface area contributed by atoms with Crippen LogP contribution in [0.15, 0.2) is 18.2 Å². The van der Waals surface area contributed by atoms with Crippen molar-refractivity contribution in [3.8, 4) is 5.75 Å². The largest absolute Gasteiger partial charge is 0.493 e. The van der Waals surface area contributed by atoms with Crippen molar-refractivity contribution in [2.45, 2.75) is 5.92 Å². The minimum atomic E-state index is -1.10. The standard InChI is InChI=1S/C10H12FNO3/c1-15-9-6(3-2-4-8(9)11)7(5-12)10(13)14/h2-4,7H,5,12H2,1H3,(H,13,14). The molecule has 0 bridgehead atoms. The molecule has 15 heavy (non-hydrogen) atoms. The van der Waals surface area contributed by atoms with Gasteiger partial charge in [0.25, 0.3) is 0 Å². The van der Waals surface area contributed by atoms with Crippen molar-refractivity contribution < 1.29 is 19.0 Å². The minimum absolute atomic E-state index is 0.0599. The van der Waals surface area contributed by atoms with Crippen LogP contribution in [0.4, 0.5) is 4.39 Å². The number of benzene rings is 1. The van der Waals surface area contributed by atoms with Crippen LogP contribution >= 0.6 is 0 Å². The molecule has 4 nitrogen and oxygen atoms in total. The first kappa shape index (κ1) is 11.5. The van der Waals surface area contributed by atoms with Gasteiger partial charge < -0.3 is 15.6 Å². The normalized spacial score (nSPS) is 12.2. The average molecular weight is 213 g/mol. The molecule has 0 heterocycles. The van der Waals surface area contributed by atoms with Gasteiger partial charge in [-0.25, -0.2) is 4.39 Å². The number of aliphatic carboxylic acids is 1. The lowest BCUT2D eigenvalue weighted by Gasteiger charge is -2.14. The first-order valence-electron chi connectivity index (χ1n) is 4.37. The van der Waals surface area contributed by atoms with E-state index in [1.54, 1.807) is 0 Å². The van der Waals surface area contributed by atoms with E-state index in [2.05, 4.69) is 0 Å². The molecule has 0 saturated heterocycles. The van der Waals surface area contributed by atoms with Gasteiger partial charge in [-0.1, -0.05) is 12.1 Å². The number of hydrogen-bond acceptors (Lipinski definition) is 3. The molecule has 0 radical (unpaired) electrons. The van der Waals surface area contributed by atoms with Gasteiger partial charge in [0.1, 0.15) is 0 Å². The first-order chi connectivity index (χ1) is 7.11. The summed E-state index contributed by atoms with van der Waals surface area (Å²) in [5.74, 6) is -2.69. The maximum absolute atomic E-state index is 13.3. The Labute approximate surface area is 86.5 Å². The van der Waals surface area contributed by atoms with Gasteiger partial charge in [-0.2, -0.15) is 0 Å². The highest BCUT2D eigenvalue weighted by atomic mass is 19.1. The maximum Gasteiger partial charge on any atom is 0.312 e. The van der Waals surface area contributed by atoms with Gasteiger partial charge in [0.15, 0.2) is 11.6 Å². The van der Waals surface area contributed by atoms with Gasteiger partial charge in [-0.05, 0) is 6.07 Å². The molecule has 5 heteroatoms. The van der Waals surface area contributed by atoms with Crippen LogP contribution in [0.5, 0.6) is 5.75 Å². The van der Waals surface area contributed by atoms with Gasteiger partial charge >= 0.3 is 5.97 Å².